The van der Waals surface area contributed by atoms with Gasteiger partial charge in [0.2, 0.25) is 0 Å². The number of hydrogen-bond acceptors (Lipinski definition) is 3. The topological polar surface area (TPSA) is 27.6 Å². The molecule has 1 heterocycles. The highest BCUT2D eigenvalue weighted by Gasteiger charge is 2.31. The standard InChI is InChI=1S/C13H25N3S/c1-10(2)16(3)8-7-14-13-15-12-6-4-5-11(12)9-17-13/h10-12H,4-9H2,1-3H3,(H,14,15). The smallest absolute Gasteiger partial charge is 0.156 e. The van der Waals surface area contributed by atoms with Gasteiger partial charge in [-0.2, -0.15) is 0 Å². The summed E-state index contributed by atoms with van der Waals surface area (Å²) >= 11 is 1.92. The molecule has 17 heavy (non-hydrogen) atoms. The minimum atomic E-state index is 0.612. The minimum Gasteiger partial charge on any atom is -0.362 e. The molecule has 1 saturated carbocycles. The van der Waals surface area contributed by atoms with E-state index >= 15 is 0 Å². The van der Waals surface area contributed by atoms with Crippen molar-refractivity contribution in [2.45, 2.75) is 45.2 Å². The zero-order valence-electron chi connectivity index (χ0n) is 11.3. The summed E-state index contributed by atoms with van der Waals surface area (Å²) in [5, 5.41) is 4.80. The molecular formula is C13H25N3S. The molecule has 2 unspecified atom stereocenters. The second kappa shape index (κ2) is 6.10. The van der Waals surface area contributed by atoms with Crippen LogP contribution < -0.4 is 5.32 Å². The second-order valence-electron chi connectivity index (χ2n) is 5.51. The SMILES string of the molecule is CC(C)N(C)CCN=C1NC2CCCC2CS1. The first-order valence-corrected chi connectivity index (χ1v) is 7.79. The monoisotopic (exact) mass is 255 g/mol. The van der Waals surface area contributed by atoms with Crippen LogP contribution in [0, 0.1) is 5.92 Å². The van der Waals surface area contributed by atoms with Gasteiger partial charge in [-0.05, 0) is 39.7 Å². The van der Waals surface area contributed by atoms with Gasteiger partial charge in [-0.3, -0.25) is 4.99 Å². The third-order valence-electron chi connectivity index (χ3n) is 3.99. The molecule has 0 aromatic heterocycles. The largest absolute Gasteiger partial charge is 0.362 e. The van der Waals surface area contributed by atoms with Crippen LogP contribution in [0.4, 0.5) is 0 Å². The maximum Gasteiger partial charge on any atom is 0.156 e. The fourth-order valence-electron chi connectivity index (χ4n) is 2.47. The molecule has 0 spiro atoms. The summed E-state index contributed by atoms with van der Waals surface area (Å²) in [7, 11) is 2.17. The Balaban J connectivity index is 1.75. The molecule has 1 N–H and O–H groups in total. The first-order valence-electron chi connectivity index (χ1n) is 6.81. The van der Waals surface area contributed by atoms with Crippen LogP contribution in [0.25, 0.3) is 0 Å². The van der Waals surface area contributed by atoms with Gasteiger partial charge < -0.3 is 10.2 Å². The quantitative estimate of drug-likeness (QED) is 0.834. The summed E-state index contributed by atoms with van der Waals surface area (Å²) in [6.07, 6.45) is 4.15. The summed E-state index contributed by atoms with van der Waals surface area (Å²) in [5.74, 6) is 2.17. The van der Waals surface area contributed by atoms with Crippen molar-refractivity contribution in [2.24, 2.45) is 10.9 Å². The molecule has 0 aromatic carbocycles. The third-order valence-corrected chi connectivity index (χ3v) is 5.11. The number of nitrogens with one attached hydrogen (secondary N) is 1. The van der Waals surface area contributed by atoms with Crippen LogP contribution in [-0.2, 0) is 0 Å². The summed E-state index contributed by atoms with van der Waals surface area (Å²) in [5.41, 5.74) is 0. The summed E-state index contributed by atoms with van der Waals surface area (Å²) in [6.45, 7) is 6.42. The molecule has 2 rings (SSSR count). The Bertz CT molecular complexity index is 278. The van der Waals surface area contributed by atoms with E-state index in [1.165, 1.54) is 30.2 Å². The van der Waals surface area contributed by atoms with Crippen LogP contribution in [0.15, 0.2) is 4.99 Å². The van der Waals surface area contributed by atoms with Crippen LogP contribution in [0.5, 0.6) is 0 Å². The van der Waals surface area contributed by atoms with Crippen molar-refractivity contribution in [1.82, 2.24) is 10.2 Å². The van der Waals surface area contributed by atoms with Gasteiger partial charge in [0.1, 0.15) is 0 Å². The predicted molar refractivity (Wildman–Crippen MR) is 76.8 cm³/mol. The normalized spacial score (nSPS) is 31.0. The highest BCUT2D eigenvalue weighted by molar-refractivity contribution is 8.13. The average molecular weight is 255 g/mol. The van der Waals surface area contributed by atoms with Crippen LogP contribution in [0.1, 0.15) is 33.1 Å². The van der Waals surface area contributed by atoms with Crippen molar-refractivity contribution in [3.05, 3.63) is 0 Å². The number of amidine groups is 1. The maximum atomic E-state index is 4.69. The fourth-order valence-corrected chi connectivity index (χ4v) is 3.66. The Morgan fingerprint density at radius 3 is 3.06 bits per heavy atom. The van der Waals surface area contributed by atoms with Gasteiger partial charge in [-0.25, -0.2) is 0 Å². The lowest BCUT2D eigenvalue weighted by Gasteiger charge is -2.28. The van der Waals surface area contributed by atoms with Crippen molar-refractivity contribution in [3.8, 4) is 0 Å². The Labute approximate surface area is 109 Å². The van der Waals surface area contributed by atoms with Gasteiger partial charge in [-0.15, -0.1) is 0 Å². The molecule has 2 fully saturated rings. The van der Waals surface area contributed by atoms with Crippen molar-refractivity contribution in [3.63, 3.8) is 0 Å². The molecule has 3 nitrogen and oxygen atoms in total. The van der Waals surface area contributed by atoms with E-state index in [9.17, 15) is 0 Å². The zero-order chi connectivity index (χ0) is 12.3. The number of fused-ring (bicyclic) bond motifs is 1. The number of thioether (sulfide) groups is 1. The van der Waals surface area contributed by atoms with Crippen LogP contribution in [0.3, 0.4) is 0 Å². The molecule has 1 aliphatic heterocycles. The Morgan fingerprint density at radius 1 is 1.47 bits per heavy atom. The molecule has 0 amide bonds. The number of nitrogens with zero attached hydrogens (tertiary/aromatic N) is 2. The highest BCUT2D eigenvalue weighted by atomic mass is 32.2. The van der Waals surface area contributed by atoms with Crippen molar-refractivity contribution >= 4 is 16.9 Å². The van der Waals surface area contributed by atoms with Crippen LogP contribution >= 0.6 is 11.8 Å². The number of likely N-dealkylation sites (N-methyl/N-ethyl adjacent to an activating group) is 1. The molecule has 2 aliphatic rings. The average Bonchev–Trinajstić information content (AvgIpc) is 2.75. The Morgan fingerprint density at radius 2 is 2.29 bits per heavy atom. The molecule has 1 saturated heterocycles. The number of rotatable bonds is 4. The van der Waals surface area contributed by atoms with Gasteiger partial charge in [0.05, 0.1) is 6.54 Å². The van der Waals surface area contributed by atoms with E-state index in [1.807, 2.05) is 11.8 Å². The lowest BCUT2D eigenvalue weighted by atomic mass is 10.1. The molecule has 98 valence electrons. The maximum absolute atomic E-state index is 4.69. The predicted octanol–water partition coefficient (Wildman–Crippen LogP) is 2.19. The van der Waals surface area contributed by atoms with Crippen LogP contribution in [-0.4, -0.2) is 48.0 Å². The van der Waals surface area contributed by atoms with Crippen molar-refractivity contribution in [2.75, 3.05) is 25.9 Å². The van der Waals surface area contributed by atoms with Gasteiger partial charge in [0.25, 0.3) is 0 Å². The highest BCUT2D eigenvalue weighted by Crippen LogP contribution is 2.32. The van der Waals surface area contributed by atoms with Gasteiger partial charge in [0.15, 0.2) is 5.17 Å². The molecule has 1 aliphatic carbocycles. The van der Waals surface area contributed by atoms with E-state index < -0.39 is 0 Å². The van der Waals surface area contributed by atoms with Crippen molar-refractivity contribution in [1.29, 1.82) is 0 Å². The Hall–Kier alpha value is -0.220. The second-order valence-corrected chi connectivity index (χ2v) is 6.52. The molecule has 4 heteroatoms. The minimum absolute atomic E-state index is 0.612. The lowest BCUT2D eigenvalue weighted by Crippen LogP contribution is -2.41. The van der Waals surface area contributed by atoms with Gasteiger partial charge in [-0.1, -0.05) is 18.2 Å². The first-order chi connectivity index (χ1) is 8.16. The number of hydrogen-bond donors (Lipinski definition) is 1. The molecule has 0 radical (unpaired) electrons. The molecule has 0 bridgehead atoms. The first kappa shape index (κ1) is 13.2. The molecular weight excluding hydrogens is 230 g/mol. The molecule has 2 atom stereocenters. The van der Waals surface area contributed by atoms with Crippen molar-refractivity contribution < 1.29 is 0 Å². The van der Waals surface area contributed by atoms with E-state index in [1.54, 1.807) is 0 Å². The summed E-state index contributed by atoms with van der Waals surface area (Å²) in [4.78, 5) is 7.04. The van der Waals surface area contributed by atoms with E-state index in [0.717, 1.165) is 25.0 Å². The van der Waals surface area contributed by atoms with Gasteiger partial charge in [0, 0.05) is 24.4 Å². The summed E-state index contributed by atoms with van der Waals surface area (Å²) < 4.78 is 0. The molecule has 0 aromatic rings. The van der Waals surface area contributed by atoms with Crippen LogP contribution in [0.2, 0.25) is 0 Å². The van der Waals surface area contributed by atoms with E-state index in [2.05, 4.69) is 31.1 Å². The van der Waals surface area contributed by atoms with Gasteiger partial charge >= 0.3 is 0 Å². The van der Waals surface area contributed by atoms with E-state index in [-0.39, 0.29) is 0 Å². The number of aliphatic imine (C=N–C) groups is 1. The fraction of sp³-hybridized carbons (Fsp3) is 0.923. The third kappa shape index (κ3) is 3.62. The van der Waals surface area contributed by atoms with E-state index in [4.69, 9.17) is 4.99 Å². The van der Waals surface area contributed by atoms with E-state index in [0.29, 0.717) is 6.04 Å². The summed E-state index contributed by atoms with van der Waals surface area (Å²) in [6, 6.07) is 1.33. The lowest BCUT2D eigenvalue weighted by molar-refractivity contribution is 0.282. The Kier molecular flexibility index (Phi) is 4.74. The zero-order valence-corrected chi connectivity index (χ0v) is 12.1.